The lowest BCUT2D eigenvalue weighted by Crippen LogP contribution is -2.58. The molecule has 0 spiro atoms. The predicted octanol–water partition coefficient (Wildman–Crippen LogP) is 2.33. The van der Waals surface area contributed by atoms with E-state index in [0.29, 0.717) is 42.7 Å². The van der Waals surface area contributed by atoms with E-state index >= 15 is 0 Å². The van der Waals surface area contributed by atoms with Gasteiger partial charge in [0.25, 0.3) is 0 Å². The molecule has 3 saturated heterocycles. The van der Waals surface area contributed by atoms with E-state index in [-0.39, 0.29) is 23.9 Å². The Morgan fingerprint density at radius 2 is 1.97 bits per heavy atom. The molecule has 162 valence electrons. The number of sulfonamides is 1. The maximum atomic E-state index is 12.6. The van der Waals surface area contributed by atoms with Crippen molar-refractivity contribution in [1.29, 1.82) is 0 Å². The van der Waals surface area contributed by atoms with E-state index in [1.165, 1.54) is 0 Å². The van der Waals surface area contributed by atoms with Gasteiger partial charge in [-0.05, 0) is 32.6 Å². The monoisotopic (exact) mass is 444 g/mol. The van der Waals surface area contributed by atoms with Crippen molar-refractivity contribution in [2.45, 2.75) is 57.2 Å². The molecule has 1 unspecified atom stereocenters. The van der Waals surface area contributed by atoms with Gasteiger partial charge in [-0.25, -0.2) is 13.4 Å². The van der Waals surface area contributed by atoms with Gasteiger partial charge in [-0.3, -0.25) is 0 Å². The van der Waals surface area contributed by atoms with Crippen LogP contribution >= 0.6 is 11.6 Å². The SMILES string of the molecule is CCS(=O)(=O)N1[C@@H]2CCC[C@H]1CC(N(C)c1nc(Cl)cc(OCC3COC3)n1)C2. The maximum Gasteiger partial charge on any atom is 0.230 e. The summed E-state index contributed by atoms with van der Waals surface area (Å²) in [4.78, 5) is 11.0. The molecule has 4 rings (SSSR count). The van der Waals surface area contributed by atoms with E-state index in [2.05, 4.69) is 9.97 Å². The number of ether oxygens (including phenoxy) is 2. The smallest absolute Gasteiger partial charge is 0.230 e. The number of nitrogens with zero attached hydrogens (tertiary/aromatic N) is 4. The van der Waals surface area contributed by atoms with Crippen molar-refractivity contribution in [3.8, 4) is 5.88 Å². The Morgan fingerprint density at radius 1 is 1.28 bits per heavy atom. The molecule has 3 atom stereocenters. The van der Waals surface area contributed by atoms with Crippen LogP contribution in [0.25, 0.3) is 0 Å². The summed E-state index contributed by atoms with van der Waals surface area (Å²) in [5.74, 6) is 1.54. The van der Waals surface area contributed by atoms with Gasteiger partial charge in [0.1, 0.15) is 5.15 Å². The topological polar surface area (TPSA) is 84.9 Å². The quantitative estimate of drug-likeness (QED) is 0.596. The van der Waals surface area contributed by atoms with Gasteiger partial charge in [0.05, 0.1) is 25.6 Å². The van der Waals surface area contributed by atoms with Gasteiger partial charge in [-0.2, -0.15) is 9.29 Å². The molecule has 10 heteroatoms. The first-order valence-electron chi connectivity index (χ1n) is 10.4. The highest BCUT2D eigenvalue weighted by Crippen LogP contribution is 2.38. The van der Waals surface area contributed by atoms with Crippen molar-refractivity contribution in [2.75, 3.05) is 37.5 Å². The molecular weight excluding hydrogens is 416 g/mol. The highest BCUT2D eigenvalue weighted by Gasteiger charge is 2.45. The summed E-state index contributed by atoms with van der Waals surface area (Å²) in [5.41, 5.74) is 0. The number of rotatable bonds is 7. The predicted molar refractivity (Wildman–Crippen MR) is 111 cm³/mol. The zero-order chi connectivity index (χ0) is 20.6. The summed E-state index contributed by atoms with van der Waals surface area (Å²) >= 11 is 6.22. The Morgan fingerprint density at radius 3 is 2.55 bits per heavy atom. The largest absolute Gasteiger partial charge is 0.477 e. The Bertz CT molecular complexity index is 821. The molecule has 1 aromatic heterocycles. The molecule has 2 bridgehead atoms. The first-order valence-corrected chi connectivity index (χ1v) is 12.3. The summed E-state index contributed by atoms with van der Waals surface area (Å²) in [5, 5.41) is 0.341. The number of fused-ring (bicyclic) bond motifs is 2. The van der Waals surface area contributed by atoms with Crippen LogP contribution in [0.4, 0.5) is 5.95 Å². The van der Waals surface area contributed by atoms with E-state index in [0.717, 1.165) is 32.1 Å². The Labute approximate surface area is 177 Å². The number of hydrogen-bond acceptors (Lipinski definition) is 7. The number of halogens is 1. The van der Waals surface area contributed by atoms with Gasteiger partial charge in [0.15, 0.2) is 0 Å². The van der Waals surface area contributed by atoms with Gasteiger partial charge < -0.3 is 14.4 Å². The van der Waals surface area contributed by atoms with Gasteiger partial charge >= 0.3 is 0 Å². The van der Waals surface area contributed by atoms with Crippen molar-refractivity contribution >= 4 is 27.6 Å². The second-order valence-corrected chi connectivity index (χ2v) is 10.8. The van der Waals surface area contributed by atoms with Crippen molar-refractivity contribution in [3.63, 3.8) is 0 Å². The van der Waals surface area contributed by atoms with Gasteiger partial charge in [-0.15, -0.1) is 0 Å². The zero-order valence-corrected chi connectivity index (χ0v) is 18.5. The minimum atomic E-state index is -3.19. The molecule has 0 aliphatic carbocycles. The zero-order valence-electron chi connectivity index (χ0n) is 17.0. The molecule has 0 saturated carbocycles. The molecule has 1 aromatic rings. The summed E-state index contributed by atoms with van der Waals surface area (Å²) in [7, 11) is -1.23. The van der Waals surface area contributed by atoms with Crippen LogP contribution in [0.2, 0.25) is 5.15 Å². The molecule has 29 heavy (non-hydrogen) atoms. The highest BCUT2D eigenvalue weighted by molar-refractivity contribution is 7.89. The van der Waals surface area contributed by atoms with E-state index < -0.39 is 10.0 Å². The van der Waals surface area contributed by atoms with Crippen molar-refractivity contribution in [3.05, 3.63) is 11.2 Å². The van der Waals surface area contributed by atoms with Gasteiger partial charge in [0.2, 0.25) is 21.9 Å². The van der Waals surface area contributed by atoms with Crippen molar-refractivity contribution in [2.24, 2.45) is 5.92 Å². The van der Waals surface area contributed by atoms with E-state index in [4.69, 9.17) is 21.1 Å². The maximum absolute atomic E-state index is 12.6. The summed E-state index contributed by atoms with van der Waals surface area (Å²) < 4.78 is 38.0. The van der Waals surface area contributed by atoms with Crippen LogP contribution in [0.5, 0.6) is 5.88 Å². The lowest BCUT2D eigenvalue weighted by Gasteiger charge is -2.49. The molecule has 0 amide bonds. The first kappa shape index (κ1) is 21.1. The third-order valence-electron chi connectivity index (χ3n) is 6.27. The molecule has 4 heterocycles. The van der Waals surface area contributed by atoms with Gasteiger partial charge in [0, 0.05) is 37.2 Å². The number of anilines is 1. The molecule has 8 nitrogen and oxygen atoms in total. The number of piperidine rings is 2. The van der Waals surface area contributed by atoms with Crippen LogP contribution in [-0.4, -0.2) is 73.4 Å². The Kier molecular flexibility index (Phi) is 6.20. The van der Waals surface area contributed by atoms with Crippen LogP contribution in [0.1, 0.15) is 39.0 Å². The minimum absolute atomic E-state index is 0.0495. The fraction of sp³-hybridized carbons (Fsp3) is 0.789. The van der Waals surface area contributed by atoms with Crippen LogP contribution in [-0.2, 0) is 14.8 Å². The molecule has 3 fully saturated rings. The van der Waals surface area contributed by atoms with Crippen LogP contribution in [0.15, 0.2) is 6.07 Å². The van der Waals surface area contributed by atoms with Crippen LogP contribution < -0.4 is 9.64 Å². The third-order valence-corrected chi connectivity index (χ3v) is 8.43. The fourth-order valence-corrected chi connectivity index (χ4v) is 6.35. The fourth-order valence-electron chi connectivity index (χ4n) is 4.59. The Balaban J connectivity index is 1.48. The lowest BCUT2D eigenvalue weighted by atomic mass is 9.83. The summed E-state index contributed by atoms with van der Waals surface area (Å²) in [6.07, 6.45) is 4.45. The highest BCUT2D eigenvalue weighted by atomic mass is 35.5. The van der Waals surface area contributed by atoms with E-state index in [9.17, 15) is 8.42 Å². The third kappa shape index (κ3) is 4.47. The standard InChI is InChI=1S/C19H29ClN4O4S/c1-3-29(25,26)24-14-5-4-6-15(24)8-16(7-14)23(2)19-21-17(20)9-18(22-19)28-12-13-10-27-11-13/h9,13-16H,3-8,10-12H2,1-2H3/t14-,15+,16?. The number of hydrogen-bond donors (Lipinski definition) is 0. The second kappa shape index (κ2) is 8.53. The summed E-state index contributed by atoms with van der Waals surface area (Å²) in [6, 6.07) is 1.89. The Hall–Kier alpha value is -1.16. The van der Waals surface area contributed by atoms with E-state index in [1.807, 2.05) is 11.9 Å². The molecule has 0 radical (unpaired) electrons. The van der Waals surface area contributed by atoms with Crippen molar-refractivity contribution < 1.29 is 17.9 Å². The van der Waals surface area contributed by atoms with Crippen molar-refractivity contribution in [1.82, 2.24) is 14.3 Å². The average molecular weight is 445 g/mol. The molecule has 0 N–H and O–H groups in total. The summed E-state index contributed by atoms with van der Waals surface area (Å²) in [6.45, 7) is 3.70. The van der Waals surface area contributed by atoms with E-state index in [1.54, 1.807) is 17.3 Å². The lowest BCUT2D eigenvalue weighted by molar-refractivity contribution is -0.0514. The molecule has 3 aliphatic heterocycles. The molecule has 0 aromatic carbocycles. The van der Waals surface area contributed by atoms with Crippen LogP contribution in [0, 0.1) is 5.92 Å². The minimum Gasteiger partial charge on any atom is -0.477 e. The average Bonchev–Trinajstić information content (AvgIpc) is 2.64. The normalized spacial score (nSPS) is 28.0. The first-order chi connectivity index (χ1) is 13.9. The molecule has 3 aliphatic rings. The van der Waals surface area contributed by atoms with Gasteiger partial charge in [-0.1, -0.05) is 18.0 Å². The second-order valence-electron chi connectivity index (χ2n) is 8.25. The van der Waals surface area contributed by atoms with Crippen LogP contribution in [0.3, 0.4) is 0 Å². The molecular formula is C19H29ClN4O4S. The number of aromatic nitrogens is 2.